The van der Waals surface area contributed by atoms with Crippen molar-refractivity contribution >= 4 is 23.2 Å². The molecule has 0 saturated carbocycles. The lowest BCUT2D eigenvalue weighted by Crippen LogP contribution is -2.31. The second-order valence-electron chi connectivity index (χ2n) is 10.9. The number of halogens is 1. The monoisotopic (exact) mass is 594 g/mol. The number of methoxy groups -OCH3 is 1. The normalized spacial score (nSPS) is 17.9. The van der Waals surface area contributed by atoms with E-state index in [1.54, 1.807) is 41.7 Å². The van der Waals surface area contributed by atoms with Gasteiger partial charge in [0.15, 0.2) is 11.5 Å². The van der Waals surface area contributed by atoms with Crippen LogP contribution in [0.1, 0.15) is 58.5 Å². The van der Waals surface area contributed by atoms with Crippen molar-refractivity contribution in [3.63, 3.8) is 0 Å². The number of nitrogens with zero attached hydrogens (tertiary/aromatic N) is 2. The van der Waals surface area contributed by atoms with E-state index in [0.717, 1.165) is 32.6 Å². The zero-order valence-corrected chi connectivity index (χ0v) is 24.9. The van der Waals surface area contributed by atoms with Crippen molar-refractivity contribution in [2.75, 3.05) is 39.8 Å². The van der Waals surface area contributed by atoms with Crippen LogP contribution in [0, 0.1) is 5.82 Å². The number of fused-ring (bicyclic) bond motifs is 13. The number of ether oxygens (including phenoxy) is 2. The highest BCUT2D eigenvalue weighted by molar-refractivity contribution is 7.10. The van der Waals surface area contributed by atoms with E-state index in [9.17, 15) is 14.0 Å². The minimum atomic E-state index is -0.472. The molecule has 2 amide bonds. The third-order valence-electron chi connectivity index (χ3n) is 7.69. The molecule has 0 aliphatic carbocycles. The summed E-state index contributed by atoms with van der Waals surface area (Å²) in [5.41, 5.74) is 2.06. The summed E-state index contributed by atoms with van der Waals surface area (Å²) < 4.78 is 26.3. The van der Waals surface area contributed by atoms with E-state index in [1.807, 2.05) is 0 Å². The summed E-state index contributed by atoms with van der Waals surface area (Å²) in [5, 5.41) is 8.12. The van der Waals surface area contributed by atoms with Crippen LogP contribution < -0.4 is 20.1 Å². The average Bonchev–Trinajstić information content (AvgIpc) is 3.66. The molecule has 2 aromatic carbocycles. The fourth-order valence-electron chi connectivity index (χ4n) is 5.44. The second kappa shape index (κ2) is 14.6. The predicted molar refractivity (Wildman–Crippen MR) is 162 cm³/mol. The van der Waals surface area contributed by atoms with Crippen molar-refractivity contribution in [3.8, 4) is 17.2 Å². The Morgan fingerprint density at radius 3 is 2.55 bits per heavy atom. The van der Waals surface area contributed by atoms with Crippen molar-refractivity contribution in [3.05, 3.63) is 75.2 Å². The smallest absolute Gasteiger partial charge is 0.251 e. The molecule has 224 valence electrons. The van der Waals surface area contributed by atoms with Crippen LogP contribution in [-0.4, -0.2) is 61.4 Å². The van der Waals surface area contributed by atoms with Gasteiger partial charge in [-0.25, -0.2) is 4.39 Å². The van der Waals surface area contributed by atoms with Crippen LogP contribution in [0.25, 0.3) is 0 Å². The van der Waals surface area contributed by atoms with E-state index in [-0.39, 0.29) is 29.7 Å². The van der Waals surface area contributed by atoms with Crippen LogP contribution in [0.5, 0.6) is 17.2 Å². The summed E-state index contributed by atoms with van der Waals surface area (Å²) in [6.45, 7) is 6.21. The molecule has 10 heteroatoms. The van der Waals surface area contributed by atoms with E-state index < -0.39 is 5.82 Å². The minimum Gasteiger partial charge on any atom is -0.493 e. The van der Waals surface area contributed by atoms with Gasteiger partial charge in [-0.2, -0.15) is 0 Å². The molecule has 1 saturated heterocycles. The third-order valence-corrected chi connectivity index (χ3v) is 8.66. The van der Waals surface area contributed by atoms with Gasteiger partial charge in [0.1, 0.15) is 11.6 Å². The summed E-state index contributed by atoms with van der Waals surface area (Å²) in [6, 6.07) is 11.7. The number of likely N-dealkylation sites (tertiary alicyclic amines) is 1. The Kier molecular flexibility index (Phi) is 10.4. The van der Waals surface area contributed by atoms with Gasteiger partial charge >= 0.3 is 0 Å². The number of hydrogen-bond acceptors (Lipinski definition) is 7. The average molecular weight is 595 g/mol. The number of nitrogens with one attached hydrogen (secondary N) is 2. The lowest BCUT2D eigenvalue weighted by Gasteiger charge is -2.22. The quantitative estimate of drug-likeness (QED) is 0.417. The van der Waals surface area contributed by atoms with Gasteiger partial charge in [0.2, 0.25) is 5.91 Å². The first-order valence-corrected chi connectivity index (χ1v) is 15.6. The van der Waals surface area contributed by atoms with Gasteiger partial charge in [-0.15, -0.1) is 11.3 Å². The van der Waals surface area contributed by atoms with Crippen molar-refractivity contribution in [2.45, 2.75) is 51.7 Å². The van der Waals surface area contributed by atoms with Crippen LogP contribution in [-0.2, 0) is 24.4 Å². The van der Waals surface area contributed by atoms with Crippen LogP contribution >= 0.6 is 11.3 Å². The minimum absolute atomic E-state index is 0.00233. The molecular weight excluding hydrogens is 555 g/mol. The van der Waals surface area contributed by atoms with Gasteiger partial charge in [-0.3, -0.25) is 19.4 Å². The Balaban J connectivity index is 1.30. The number of carbonyl (C=O) groups is 2. The van der Waals surface area contributed by atoms with E-state index in [1.165, 1.54) is 49.5 Å². The Morgan fingerprint density at radius 2 is 1.71 bits per heavy atom. The lowest BCUT2D eigenvalue weighted by atomic mass is 10.1. The van der Waals surface area contributed by atoms with Gasteiger partial charge in [0, 0.05) is 55.1 Å². The summed E-state index contributed by atoms with van der Waals surface area (Å²) in [5.74, 6) is 0.162. The highest BCUT2D eigenvalue weighted by Gasteiger charge is 2.18. The zero-order chi connectivity index (χ0) is 29.3. The van der Waals surface area contributed by atoms with Gasteiger partial charge in [0.25, 0.3) is 5.91 Å². The van der Waals surface area contributed by atoms with Gasteiger partial charge in [0.05, 0.1) is 7.11 Å². The van der Waals surface area contributed by atoms with Gasteiger partial charge in [-0.05, 0) is 92.7 Å². The molecule has 1 fully saturated rings. The summed E-state index contributed by atoms with van der Waals surface area (Å²) in [4.78, 5) is 31.8. The molecule has 3 aliphatic rings. The maximum Gasteiger partial charge on any atom is 0.251 e. The first-order chi connectivity index (χ1) is 20.5. The molecule has 2 bridgehead atoms. The fourth-order valence-corrected chi connectivity index (χ4v) is 6.37. The Hall–Kier alpha value is -3.47. The first-order valence-electron chi connectivity index (χ1n) is 14.7. The molecule has 2 N–H and O–H groups in total. The maximum absolute atomic E-state index is 14.8. The SMILES string of the molecule is COc1cc2ccc1Oc1cccc(F)c1CNC(=O)CCCN(Cc1cc(CN3CCCC3)cs1)CCCNC2=O. The van der Waals surface area contributed by atoms with Crippen LogP contribution in [0.15, 0.2) is 47.8 Å². The largest absolute Gasteiger partial charge is 0.493 e. The number of thiophene rings is 1. The molecular formula is C32H39FN4O4S. The molecule has 8 nitrogen and oxygen atoms in total. The van der Waals surface area contributed by atoms with E-state index in [0.29, 0.717) is 36.4 Å². The van der Waals surface area contributed by atoms with Gasteiger partial charge < -0.3 is 20.1 Å². The number of rotatable bonds is 5. The number of benzene rings is 2. The number of carbonyl (C=O) groups excluding carboxylic acids is 2. The van der Waals surface area contributed by atoms with E-state index in [2.05, 4.69) is 31.9 Å². The topological polar surface area (TPSA) is 83.1 Å². The molecule has 0 unspecified atom stereocenters. The molecule has 42 heavy (non-hydrogen) atoms. The van der Waals surface area contributed by atoms with Crippen molar-refractivity contribution in [1.82, 2.24) is 20.4 Å². The van der Waals surface area contributed by atoms with Crippen LogP contribution in [0.3, 0.4) is 0 Å². The molecule has 0 spiro atoms. The van der Waals surface area contributed by atoms with Crippen molar-refractivity contribution in [1.29, 1.82) is 0 Å². The highest BCUT2D eigenvalue weighted by atomic mass is 32.1. The van der Waals surface area contributed by atoms with Crippen molar-refractivity contribution < 1.29 is 23.5 Å². The molecule has 6 rings (SSSR count). The first kappa shape index (κ1) is 30.0. The fraction of sp³-hybridized carbons (Fsp3) is 0.438. The summed E-state index contributed by atoms with van der Waals surface area (Å²) >= 11 is 1.78. The van der Waals surface area contributed by atoms with E-state index >= 15 is 0 Å². The van der Waals surface area contributed by atoms with Crippen LogP contribution in [0.4, 0.5) is 4.39 Å². The van der Waals surface area contributed by atoms with Crippen LogP contribution in [0.2, 0.25) is 0 Å². The highest BCUT2D eigenvalue weighted by Crippen LogP contribution is 2.34. The Bertz CT molecular complexity index is 1370. The molecule has 3 aromatic rings. The predicted octanol–water partition coefficient (Wildman–Crippen LogP) is 5.32. The maximum atomic E-state index is 14.8. The Labute approximate surface area is 250 Å². The summed E-state index contributed by atoms with van der Waals surface area (Å²) in [7, 11) is 1.49. The Morgan fingerprint density at radius 1 is 0.929 bits per heavy atom. The molecule has 4 heterocycles. The number of amides is 2. The number of hydrogen-bond donors (Lipinski definition) is 2. The molecule has 0 radical (unpaired) electrons. The molecule has 1 aromatic heterocycles. The standard InChI is InChI=1S/C32H39FN4O4S/c1-40-30-18-24-10-11-29(30)41-28-8-4-7-27(33)26(28)19-35-31(38)9-5-15-37(16-6-12-34-32(24)39)21-25-17-23(22-42-25)20-36-13-2-3-14-36/h4,7-8,10-11,17-18,22H,2-3,5-6,9,12-16,19-21H2,1H3,(H,34,39)(H,35,38). The molecule has 0 atom stereocenters. The van der Waals surface area contributed by atoms with Crippen molar-refractivity contribution in [2.24, 2.45) is 0 Å². The third kappa shape index (κ3) is 8.08. The zero-order valence-electron chi connectivity index (χ0n) is 24.1. The van der Waals surface area contributed by atoms with Gasteiger partial charge in [-0.1, -0.05) is 6.07 Å². The summed E-state index contributed by atoms with van der Waals surface area (Å²) in [6.07, 6.45) is 4.34. The molecule has 3 aliphatic heterocycles. The second-order valence-corrected chi connectivity index (χ2v) is 11.9. The lowest BCUT2D eigenvalue weighted by molar-refractivity contribution is -0.121. The van der Waals surface area contributed by atoms with E-state index in [4.69, 9.17) is 9.47 Å².